The van der Waals surface area contributed by atoms with Crippen molar-refractivity contribution in [3.63, 3.8) is 0 Å². The highest BCUT2D eigenvalue weighted by Crippen LogP contribution is 2.33. The summed E-state index contributed by atoms with van der Waals surface area (Å²) in [4.78, 5) is 10.2. The molecule has 5 nitrogen and oxygen atoms in total. The quantitative estimate of drug-likeness (QED) is 0.453. The molecule has 13 heavy (non-hydrogen) atoms. The zero-order chi connectivity index (χ0) is 9.31. The average molecular weight is 185 g/mol. The molecule has 0 amide bonds. The largest absolute Gasteiger partial charge is 0.344 e. The smallest absolute Gasteiger partial charge is 0.247 e. The van der Waals surface area contributed by atoms with Crippen LogP contribution in [0.3, 0.4) is 0 Å². The first-order valence-electron chi connectivity index (χ1n) is 4.36. The van der Waals surface area contributed by atoms with E-state index in [1.54, 1.807) is 0 Å². The number of nitrogens with zero attached hydrogens (tertiary/aromatic N) is 1. The minimum Gasteiger partial charge on any atom is -0.344 e. The average Bonchev–Trinajstić information content (AvgIpc) is 2.53. The van der Waals surface area contributed by atoms with E-state index in [1.807, 2.05) is 0 Å². The summed E-state index contributed by atoms with van der Waals surface area (Å²) in [6, 6.07) is 0. The van der Waals surface area contributed by atoms with Crippen LogP contribution in [0.2, 0.25) is 0 Å². The van der Waals surface area contributed by atoms with Gasteiger partial charge >= 0.3 is 0 Å². The minimum atomic E-state index is -0.777. The molecule has 1 fully saturated rings. The monoisotopic (exact) mass is 185 g/mol. The maximum Gasteiger partial charge on any atom is 0.247 e. The Hall–Kier alpha value is -0.940. The van der Waals surface area contributed by atoms with E-state index < -0.39 is 5.79 Å². The molecule has 2 aliphatic rings. The molecule has 1 aliphatic heterocycles. The Bertz CT molecular complexity index is 255. The topological polar surface area (TPSA) is 61.6 Å². The Morgan fingerprint density at radius 3 is 2.77 bits per heavy atom. The summed E-state index contributed by atoms with van der Waals surface area (Å²) < 4.78 is 10.7. The van der Waals surface area contributed by atoms with Gasteiger partial charge in [0.15, 0.2) is 5.79 Å². The van der Waals surface area contributed by atoms with Crippen LogP contribution < -0.4 is 0 Å². The molecule has 0 unspecified atom stereocenters. The Labute approximate surface area is 75.5 Å². The minimum absolute atomic E-state index is 0.216. The maximum absolute atomic E-state index is 10.5. The molecule has 1 saturated heterocycles. The van der Waals surface area contributed by atoms with Crippen LogP contribution in [0.5, 0.6) is 0 Å². The third kappa shape index (κ3) is 1.57. The summed E-state index contributed by atoms with van der Waals surface area (Å²) in [6.45, 7) is 1.06. The van der Waals surface area contributed by atoms with Crippen molar-refractivity contribution in [2.24, 2.45) is 0 Å². The molecule has 72 valence electrons. The molecule has 0 saturated carbocycles. The van der Waals surface area contributed by atoms with E-state index in [1.165, 1.54) is 6.08 Å². The Morgan fingerprint density at radius 1 is 1.46 bits per heavy atom. The number of hydrogen-bond donors (Lipinski definition) is 0. The molecular formula is C8H11NO4. The maximum atomic E-state index is 10.5. The van der Waals surface area contributed by atoms with Gasteiger partial charge in [-0.2, -0.15) is 0 Å². The van der Waals surface area contributed by atoms with Crippen LogP contribution in [0.25, 0.3) is 0 Å². The fourth-order valence-corrected chi connectivity index (χ4v) is 1.76. The fraction of sp³-hybridized carbons (Fsp3) is 0.750. The third-order valence-corrected chi connectivity index (χ3v) is 2.36. The van der Waals surface area contributed by atoms with E-state index >= 15 is 0 Å². The molecule has 2 rings (SSSR count). The van der Waals surface area contributed by atoms with Gasteiger partial charge in [-0.3, -0.25) is 10.1 Å². The molecule has 0 aromatic rings. The molecule has 1 heterocycles. The summed E-state index contributed by atoms with van der Waals surface area (Å²) >= 11 is 0. The summed E-state index contributed by atoms with van der Waals surface area (Å²) in [6.07, 6.45) is 3.52. The lowest BCUT2D eigenvalue weighted by atomic mass is 9.99. The molecular weight excluding hydrogens is 174 g/mol. The molecule has 5 heteroatoms. The highest BCUT2D eigenvalue weighted by molar-refractivity contribution is 5.07. The Kier molecular flexibility index (Phi) is 2.05. The van der Waals surface area contributed by atoms with Gasteiger partial charge in [0.1, 0.15) is 0 Å². The van der Waals surface area contributed by atoms with Gasteiger partial charge in [0.05, 0.1) is 18.1 Å². The molecule has 0 radical (unpaired) electrons. The molecule has 0 bridgehead atoms. The molecule has 1 spiro atoms. The Balaban J connectivity index is 2.21. The van der Waals surface area contributed by atoms with E-state index in [4.69, 9.17) is 9.47 Å². The van der Waals surface area contributed by atoms with E-state index in [0.29, 0.717) is 19.6 Å². The van der Waals surface area contributed by atoms with Crippen LogP contribution in [-0.2, 0) is 9.47 Å². The number of nitro groups is 1. The van der Waals surface area contributed by atoms with Crippen LogP contribution in [0.4, 0.5) is 0 Å². The summed E-state index contributed by atoms with van der Waals surface area (Å²) in [5, 5.41) is 10.5. The standard InChI is InChI=1S/C8H11NO4/c10-9(11)7-2-1-3-8(6-7)12-4-5-13-8/h6H,1-5H2. The molecule has 0 aromatic carbocycles. The van der Waals surface area contributed by atoms with Crippen LogP contribution in [-0.4, -0.2) is 23.9 Å². The zero-order valence-corrected chi connectivity index (χ0v) is 7.19. The predicted octanol–water partition coefficient (Wildman–Crippen LogP) is 1.07. The first kappa shape index (κ1) is 8.65. The predicted molar refractivity (Wildman–Crippen MR) is 43.6 cm³/mol. The second-order valence-electron chi connectivity index (χ2n) is 3.26. The van der Waals surface area contributed by atoms with Crippen molar-refractivity contribution in [1.29, 1.82) is 0 Å². The van der Waals surface area contributed by atoms with Crippen molar-refractivity contribution in [3.8, 4) is 0 Å². The van der Waals surface area contributed by atoms with Gasteiger partial charge in [0, 0.05) is 18.9 Å². The first-order valence-corrected chi connectivity index (χ1v) is 4.36. The molecule has 0 aromatic heterocycles. The lowest BCUT2D eigenvalue weighted by molar-refractivity contribution is -0.431. The number of ether oxygens (including phenoxy) is 2. The van der Waals surface area contributed by atoms with E-state index in [0.717, 1.165) is 12.8 Å². The van der Waals surface area contributed by atoms with E-state index in [2.05, 4.69) is 0 Å². The van der Waals surface area contributed by atoms with Gasteiger partial charge < -0.3 is 9.47 Å². The van der Waals surface area contributed by atoms with Gasteiger partial charge in [-0.15, -0.1) is 0 Å². The molecule has 0 N–H and O–H groups in total. The lowest BCUT2D eigenvalue weighted by Gasteiger charge is -2.26. The fourth-order valence-electron chi connectivity index (χ4n) is 1.76. The number of allylic oxidation sites excluding steroid dienone is 1. The van der Waals surface area contributed by atoms with Crippen LogP contribution in [0, 0.1) is 10.1 Å². The summed E-state index contributed by atoms with van der Waals surface area (Å²) in [5.74, 6) is -0.777. The van der Waals surface area contributed by atoms with Crippen LogP contribution in [0.15, 0.2) is 11.8 Å². The van der Waals surface area contributed by atoms with Crippen molar-refractivity contribution in [3.05, 3.63) is 21.9 Å². The highest BCUT2D eigenvalue weighted by Gasteiger charge is 2.39. The normalized spacial score (nSPS) is 26.0. The van der Waals surface area contributed by atoms with Gasteiger partial charge in [-0.1, -0.05) is 0 Å². The highest BCUT2D eigenvalue weighted by atomic mass is 16.7. The lowest BCUT2D eigenvalue weighted by Crippen LogP contribution is -2.31. The van der Waals surface area contributed by atoms with Gasteiger partial charge in [0.25, 0.3) is 0 Å². The zero-order valence-electron chi connectivity index (χ0n) is 7.19. The molecule has 1 aliphatic carbocycles. The summed E-state index contributed by atoms with van der Waals surface area (Å²) in [5.41, 5.74) is 0.216. The van der Waals surface area contributed by atoms with Crippen molar-refractivity contribution >= 4 is 0 Å². The van der Waals surface area contributed by atoms with Crippen LogP contribution in [0.1, 0.15) is 19.3 Å². The SMILES string of the molecule is O=[N+]([O-])C1=CC2(CCC1)OCCO2. The van der Waals surface area contributed by atoms with Gasteiger partial charge in [-0.25, -0.2) is 0 Å². The van der Waals surface area contributed by atoms with Gasteiger partial charge in [-0.05, 0) is 6.42 Å². The second-order valence-corrected chi connectivity index (χ2v) is 3.26. The van der Waals surface area contributed by atoms with Crippen molar-refractivity contribution in [1.82, 2.24) is 0 Å². The third-order valence-electron chi connectivity index (χ3n) is 2.36. The molecule has 0 atom stereocenters. The van der Waals surface area contributed by atoms with Gasteiger partial charge in [0.2, 0.25) is 5.70 Å². The Morgan fingerprint density at radius 2 is 2.15 bits per heavy atom. The second kappa shape index (κ2) is 3.08. The number of rotatable bonds is 1. The summed E-state index contributed by atoms with van der Waals surface area (Å²) in [7, 11) is 0. The van der Waals surface area contributed by atoms with Crippen molar-refractivity contribution < 1.29 is 14.4 Å². The van der Waals surface area contributed by atoms with Crippen molar-refractivity contribution in [2.45, 2.75) is 25.0 Å². The van der Waals surface area contributed by atoms with E-state index in [-0.39, 0.29) is 10.6 Å². The van der Waals surface area contributed by atoms with Crippen LogP contribution >= 0.6 is 0 Å². The van der Waals surface area contributed by atoms with Crippen molar-refractivity contribution in [2.75, 3.05) is 13.2 Å². The van der Waals surface area contributed by atoms with E-state index in [9.17, 15) is 10.1 Å². The first-order chi connectivity index (χ1) is 6.22. The number of hydrogen-bond acceptors (Lipinski definition) is 4.